The zero-order valence-corrected chi connectivity index (χ0v) is 8.07. The van der Waals surface area contributed by atoms with Crippen LogP contribution in [0.15, 0.2) is 35.5 Å². The van der Waals surface area contributed by atoms with Crippen LogP contribution < -0.4 is 0 Å². The standard InChI is InChI=1S/C11H18/c1-6-8-10(4)11(5)9(3)7-2/h6,8H,1,7H2,2-5H3/b10-8-,11-9-. The molecule has 0 atom stereocenters. The molecule has 0 fully saturated rings. The second kappa shape index (κ2) is 4.95. The number of rotatable bonds is 3. The summed E-state index contributed by atoms with van der Waals surface area (Å²) in [7, 11) is 0. The fourth-order valence-corrected chi connectivity index (χ4v) is 0.904. The van der Waals surface area contributed by atoms with E-state index in [-0.39, 0.29) is 0 Å². The molecule has 0 heteroatoms. The van der Waals surface area contributed by atoms with Crippen LogP contribution in [0, 0.1) is 0 Å². The zero-order chi connectivity index (χ0) is 8.85. The predicted molar refractivity (Wildman–Crippen MR) is 52.6 cm³/mol. The van der Waals surface area contributed by atoms with E-state index in [0.717, 1.165) is 6.42 Å². The number of hydrogen-bond acceptors (Lipinski definition) is 0. The fraction of sp³-hybridized carbons (Fsp3) is 0.455. The Bertz CT molecular complexity index is 192. The van der Waals surface area contributed by atoms with Crippen molar-refractivity contribution < 1.29 is 0 Å². The van der Waals surface area contributed by atoms with Gasteiger partial charge in [0.05, 0.1) is 0 Å². The van der Waals surface area contributed by atoms with Gasteiger partial charge >= 0.3 is 0 Å². The summed E-state index contributed by atoms with van der Waals surface area (Å²) >= 11 is 0. The predicted octanol–water partition coefficient (Wildman–Crippen LogP) is 3.87. The second-order valence-corrected chi connectivity index (χ2v) is 2.84. The molecule has 0 aromatic heterocycles. The SMILES string of the molecule is C=C/C=C(C)\C(C)=C(\C)CC. The van der Waals surface area contributed by atoms with E-state index in [1.54, 1.807) is 0 Å². The minimum Gasteiger partial charge on any atom is -0.0991 e. The molecule has 0 amide bonds. The average Bonchev–Trinajstić information content (AvgIpc) is 2.02. The highest BCUT2D eigenvalue weighted by Gasteiger charge is 1.95. The lowest BCUT2D eigenvalue weighted by molar-refractivity contribution is 1.06. The van der Waals surface area contributed by atoms with Gasteiger partial charge in [0.1, 0.15) is 0 Å². The molecule has 0 radical (unpaired) electrons. The second-order valence-electron chi connectivity index (χ2n) is 2.84. The van der Waals surface area contributed by atoms with Gasteiger partial charge in [-0.05, 0) is 38.3 Å². The maximum absolute atomic E-state index is 3.67. The lowest BCUT2D eigenvalue weighted by atomic mass is 10.0. The van der Waals surface area contributed by atoms with Crippen LogP contribution in [0.3, 0.4) is 0 Å². The fourth-order valence-electron chi connectivity index (χ4n) is 0.904. The minimum absolute atomic E-state index is 1.13. The van der Waals surface area contributed by atoms with Gasteiger partial charge in [0.15, 0.2) is 0 Å². The summed E-state index contributed by atoms with van der Waals surface area (Å²) in [5, 5.41) is 0. The van der Waals surface area contributed by atoms with Crippen molar-refractivity contribution in [2.45, 2.75) is 34.1 Å². The minimum atomic E-state index is 1.13. The van der Waals surface area contributed by atoms with Gasteiger partial charge in [-0.1, -0.05) is 31.2 Å². The lowest BCUT2D eigenvalue weighted by Crippen LogP contribution is -1.84. The highest BCUT2D eigenvalue weighted by Crippen LogP contribution is 2.15. The summed E-state index contributed by atoms with van der Waals surface area (Å²) in [6, 6.07) is 0. The van der Waals surface area contributed by atoms with Gasteiger partial charge < -0.3 is 0 Å². The maximum atomic E-state index is 3.67. The Hall–Kier alpha value is -0.780. The molecule has 11 heavy (non-hydrogen) atoms. The Balaban J connectivity index is 4.58. The first-order valence-corrected chi connectivity index (χ1v) is 4.09. The van der Waals surface area contributed by atoms with E-state index in [1.165, 1.54) is 16.7 Å². The molecule has 0 unspecified atom stereocenters. The van der Waals surface area contributed by atoms with Crippen LogP contribution in [0.1, 0.15) is 34.1 Å². The van der Waals surface area contributed by atoms with E-state index < -0.39 is 0 Å². The molecule has 0 bridgehead atoms. The zero-order valence-electron chi connectivity index (χ0n) is 8.07. The van der Waals surface area contributed by atoms with E-state index >= 15 is 0 Å². The van der Waals surface area contributed by atoms with Crippen molar-refractivity contribution >= 4 is 0 Å². The largest absolute Gasteiger partial charge is 0.0991 e. The van der Waals surface area contributed by atoms with Crippen LogP contribution in [0.5, 0.6) is 0 Å². The summed E-state index contributed by atoms with van der Waals surface area (Å²) < 4.78 is 0. The first-order chi connectivity index (χ1) is 5.13. The smallest absolute Gasteiger partial charge is 0.0346 e. The molecule has 0 aliphatic carbocycles. The third-order valence-corrected chi connectivity index (χ3v) is 2.13. The quantitative estimate of drug-likeness (QED) is 0.536. The molecular formula is C11H18. The molecule has 0 heterocycles. The molecule has 62 valence electrons. The number of hydrogen-bond donors (Lipinski definition) is 0. The van der Waals surface area contributed by atoms with Crippen molar-refractivity contribution in [2.24, 2.45) is 0 Å². The van der Waals surface area contributed by atoms with Crippen LogP contribution in [-0.4, -0.2) is 0 Å². The Morgan fingerprint density at radius 3 is 2.18 bits per heavy atom. The Morgan fingerprint density at radius 2 is 1.82 bits per heavy atom. The van der Waals surface area contributed by atoms with Gasteiger partial charge in [-0.3, -0.25) is 0 Å². The lowest BCUT2D eigenvalue weighted by Gasteiger charge is -2.04. The average molecular weight is 150 g/mol. The van der Waals surface area contributed by atoms with Crippen molar-refractivity contribution in [3.05, 3.63) is 35.5 Å². The highest BCUT2D eigenvalue weighted by atomic mass is 14.0. The molecule has 0 aliphatic rings. The highest BCUT2D eigenvalue weighted by molar-refractivity contribution is 5.33. The van der Waals surface area contributed by atoms with Crippen molar-refractivity contribution in [1.29, 1.82) is 0 Å². The van der Waals surface area contributed by atoms with Crippen LogP contribution >= 0.6 is 0 Å². The monoisotopic (exact) mass is 150 g/mol. The topological polar surface area (TPSA) is 0 Å². The Kier molecular flexibility index (Phi) is 4.60. The summed E-state index contributed by atoms with van der Waals surface area (Å²) in [5.74, 6) is 0. The van der Waals surface area contributed by atoms with Gasteiger partial charge in [-0.25, -0.2) is 0 Å². The van der Waals surface area contributed by atoms with E-state index in [9.17, 15) is 0 Å². The van der Waals surface area contributed by atoms with E-state index in [4.69, 9.17) is 0 Å². The molecule has 0 nitrogen and oxygen atoms in total. The van der Waals surface area contributed by atoms with Crippen molar-refractivity contribution in [2.75, 3.05) is 0 Å². The van der Waals surface area contributed by atoms with Gasteiger partial charge in [0, 0.05) is 0 Å². The van der Waals surface area contributed by atoms with Gasteiger partial charge in [0.2, 0.25) is 0 Å². The van der Waals surface area contributed by atoms with Crippen LogP contribution in [0.2, 0.25) is 0 Å². The van der Waals surface area contributed by atoms with Gasteiger partial charge in [-0.15, -0.1) is 0 Å². The molecule has 0 aromatic rings. The van der Waals surface area contributed by atoms with Crippen molar-refractivity contribution in [1.82, 2.24) is 0 Å². The molecule has 0 aromatic carbocycles. The van der Waals surface area contributed by atoms with Crippen LogP contribution in [-0.2, 0) is 0 Å². The first-order valence-electron chi connectivity index (χ1n) is 4.09. The normalized spacial score (nSPS) is 14.4. The van der Waals surface area contributed by atoms with E-state index in [1.807, 2.05) is 6.08 Å². The summed E-state index contributed by atoms with van der Waals surface area (Å²) in [6.45, 7) is 12.3. The van der Waals surface area contributed by atoms with Gasteiger partial charge in [0.25, 0.3) is 0 Å². The molecule has 0 saturated heterocycles. The molecule has 0 saturated carbocycles. The van der Waals surface area contributed by atoms with E-state index in [0.29, 0.717) is 0 Å². The Labute approximate surface area is 70.3 Å². The molecule has 0 spiro atoms. The Morgan fingerprint density at radius 1 is 1.27 bits per heavy atom. The van der Waals surface area contributed by atoms with Crippen LogP contribution in [0.4, 0.5) is 0 Å². The van der Waals surface area contributed by atoms with Gasteiger partial charge in [-0.2, -0.15) is 0 Å². The summed E-state index contributed by atoms with van der Waals surface area (Å²) in [6.07, 6.45) is 5.02. The third-order valence-electron chi connectivity index (χ3n) is 2.13. The molecule has 0 rings (SSSR count). The third kappa shape index (κ3) is 3.22. The molecule has 0 N–H and O–H groups in total. The summed E-state index contributed by atoms with van der Waals surface area (Å²) in [4.78, 5) is 0. The summed E-state index contributed by atoms with van der Waals surface area (Å²) in [5.41, 5.74) is 4.17. The molecule has 0 aliphatic heterocycles. The van der Waals surface area contributed by atoms with Crippen molar-refractivity contribution in [3.8, 4) is 0 Å². The first kappa shape index (κ1) is 10.2. The maximum Gasteiger partial charge on any atom is -0.0346 e. The van der Waals surface area contributed by atoms with Crippen molar-refractivity contribution in [3.63, 3.8) is 0 Å². The number of allylic oxidation sites excluding steroid dienone is 5. The molecular weight excluding hydrogens is 132 g/mol. The van der Waals surface area contributed by atoms with Crippen LogP contribution in [0.25, 0.3) is 0 Å². The van der Waals surface area contributed by atoms with E-state index in [2.05, 4.69) is 40.3 Å².